The molecule has 0 aromatic rings. The molecule has 0 rings (SSSR count). The molecule has 0 aliphatic heterocycles. The van der Waals surface area contributed by atoms with Crippen molar-refractivity contribution in [3.05, 3.63) is 0 Å². The van der Waals surface area contributed by atoms with Gasteiger partial charge in [-0.1, -0.05) is 40.0 Å². The number of hydrogen-bond acceptors (Lipinski definition) is 1. The fourth-order valence-electron chi connectivity index (χ4n) is 1.32. The summed E-state index contributed by atoms with van der Waals surface area (Å²) in [5, 5.41) is 0. The minimum absolute atomic E-state index is 0.533. The molecule has 11 heavy (non-hydrogen) atoms. The SMILES string of the molecule is CCN(CC)[SiH](C)[Si](C)(C)C. The average Bonchev–Trinajstić information content (AvgIpc) is 1.88. The van der Waals surface area contributed by atoms with Gasteiger partial charge in [0.15, 0.2) is 0 Å². The van der Waals surface area contributed by atoms with E-state index < -0.39 is 16.1 Å². The largest absolute Gasteiger partial charge is 0.329 e. The maximum atomic E-state index is 2.70. The van der Waals surface area contributed by atoms with Crippen molar-refractivity contribution in [1.82, 2.24) is 4.57 Å². The van der Waals surface area contributed by atoms with E-state index in [0.717, 1.165) is 0 Å². The molecule has 0 saturated carbocycles. The first kappa shape index (κ1) is 11.4. The zero-order chi connectivity index (χ0) is 9.07. The highest BCUT2D eigenvalue weighted by Gasteiger charge is 2.27. The molecule has 0 aliphatic rings. The molecule has 0 heterocycles. The summed E-state index contributed by atoms with van der Waals surface area (Å²) in [5.74, 6) is 0. The van der Waals surface area contributed by atoms with Gasteiger partial charge in [-0.15, -0.1) is 0 Å². The maximum absolute atomic E-state index is 2.70. The van der Waals surface area contributed by atoms with Crippen LogP contribution in [0.5, 0.6) is 0 Å². The summed E-state index contributed by atoms with van der Waals surface area (Å²) in [5.41, 5.74) is 0. The van der Waals surface area contributed by atoms with Gasteiger partial charge in [-0.3, -0.25) is 0 Å². The van der Waals surface area contributed by atoms with Crippen LogP contribution in [-0.2, 0) is 0 Å². The molecule has 68 valence electrons. The molecule has 0 aromatic heterocycles. The highest BCUT2D eigenvalue weighted by molar-refractivity contribution is 7.30. The molecular weight excluding hydrogens is 166 g/mol. The Morgan fingerprint density at radius 2 is 1.45 bits per heavy atom. The smallest absolute Gasteiger partial charge is 0.0989 e. The third-order valence-corrected chi connectivity index (χ3v) is 15.6. The van der Waals surface area contributed by atoms with Crippen LogP contribution in [0.4, 0.5) is 0 Å². The Kier molecular flexibility index (Phi) is 4.59. The van der Waals surface area contributed by atoms with Crippen LogP contribution in [0, 0.1) is 0 Å². The van der Waals surface area contributed by atoms with Crippen molar-refractivity contribution >= 4 is 16.1 Å². The summed E-state index contributed by atoms with van der Waals surface area (Å²) in [7, 11) is -1.33. The van der Waals surface area contributed by atoms with Crippen molar-refractivity contribution in [3.8, 4) is 0 Å². The lowest BCUT2D eigenvalue weighted by Crippen LogP contribution is -2.53. The predicted octanol–water partition coefficient (Wildman–Crippen LogP) is 2.10. The van der Waals surface area contributed by atoms with Gasteiger partial charge >= 0.3 is 0 Å². The summed E-state index contributed by atoms with van der Waals surface area (Å²) < 4.78 is 2.70. The summed E-state index contributed by atoms with van der Waals surface area (Å²) >= 11 is 0. The molecule has 0 N–H and O–H groups in total. The molecule has 0 amide bonds. The monoisotopic (exact) mass is 189 g/mol. The van der Waals surface area contributed by atoms with Gasteiger partial charge in [-0.25, -0.2) is 0 Å². The Morgan fingerprint density at radius 1 is 1.09 bits per heavy atom. The van der Waals surface area contributed by atoms with Crippen molar-refractivity contribution in [3.63, 3.8) is 0 Å². The first-order chi connectivity index (χ1) is 4.93. The first-order valence-corrected chi connectivity index (χ1v) is 11.7. The molecule has 0 fully saturated rings. The van der Waals surface area contributed by atoms with Crippen LogP contribution in [0.25, 0.3) is 0 Å². The van der Waals surface area contributed by atoms with Gasteiger partial charge < -0.3 is 4.57 Å². The molecule has 1 unspecified atom stereocenters. The second kappa shape index (κ2) is 4.43. The Labute approximate surface area is 74.3 Å². The minimum Gasteiger partial charge on any atom is -0.329 e. The second-order valence-electron chi connectivity index (χ2n) is 4.26. The molecule has 3 heteroatoms. The van der Waals surface area contributed by atoms with E-state index in [1.165, 1.54) is 13.1 Å². The van der Waals surface area contributed by atoms with E-state index in [1.54, 1.807) is 0 Å². The normalized spacial score (nSPS) is 15.5. The molecule has 1 atom stereocenters. The van der Waals surface area contributed by atoms with Gasteiger partial charge in [-0.05, 0) is 13.1 Å². The quantitative estimate of drug-likeness (QED) is 0.612. The average molecular weight is 189 g/mol. The Balaban J connectivity index is 4.09. The third-order valence-electron chi connectivity index (χ3n) is 2.61. The van der Waals surface area contributed by atoms with Gasteiger partial charge in [0.1, 0.15) is 0 Å². The Morgan fingerprint density at radius 3 is 1.55 bits per heavy atom. The molecule has 1 nitrogen and oxygen atoms in total. The number of nitrogens with zero attached hydrogens (tertiary/aromatic N) is 1. The second-order valence-corrected chi connectivity index (χ2v) is 18.8. The lowest BCUT2D eigenvalue weighted by molar-refractivity contribution is 0.489. The van der Waals surface area contributed by atoms with E-state index in [2.05, 4.69) is 44.6 Å². The van der Waals surface area contributed by atoms with E-state index in [0.29, 0.717) is 0 Å². The summed E-state index contributed by atoms with van der Waals surface area (Å²) in [6.45, 7) is 17.1. The van der Waals surface area contributed by atoms with E-state index >= 15 is 0 Å². The highest BCUT2D eigenvalue weighted by Crippen LogP contribution is 2.09. The van der Waals surface area contributed by atoms with Crippen molar-refractivity contribution in [2.45, 2.75) is 40.0 Å². The fourth-order valence-corrected chi connectivity index (χ4v) is 7.89. The van der Waals surface area contributed by atoms with Crippen LogP contribution in [0.15, 0.2) is 0 Å². The fraction of sp³-hybridized carbons (Fsp3) is 1.00. The van der Waals surface area contributed by atoms with Crippen LogP contribution < -0.4 is 0 Å². The summed E-state index contributed by atoms with van der Waals surface area (Å²) in [6, 6.07) is 0. The molecule has 0 aromatic carbocycles. The zero-order valence-corrected chi connectivity index (χ0v) is 11.1. The first-order valence-electron chi connectivity index (χ1n) is 4.67. The predicted molar refractivity (Wildman–Crippen MR) is 59.3 cm³/mol. The number of rotatable bonds is 4. The molecule has 0 saturated heterocycles. The molecule has 0 radical (unpaired) electrons. The summed E-state index contributed by atoms with van der Waals surface area (Å²) in [6.07, 6.45) is 0. The van der Waals surface area contributed by atoms with Gasteiger partial charge in [0.2, 0.25) is 0 Å². The van der Waals surface area contributed by atoms with Crippen molar-refractivity contribution < 1.29 is 0 Å². The van der Waals surface area contributed by atoms with E-state index in [9.17, 15) is 0 Å². The Hall–Kier alpha value is 0.394. The minimum atomic E-state index is -0.801. The van der Waals surface area contributed by atoms with Crippen molar-refractivity contribution in [2.75, 3.05) is 13.1 Å². The van der Waals surface area contributed by atoms with E-state index in [1.807, 2.05) is 0 Å². The van der Waals surface area contributed by atoms with Crippen molar-refractivity contribution in [2.24, 2.45) is 0 Å². The molecular formula is C8H23NSi2. The van der Waals surface area contributed by atoms with E-state index in [4.69, 9.17) is 0 Å². The topological polar surface area (TPSA) is 3.24 Å². The van der Waals surface area contributed by atoms with Gasteiger partial charge in [0.05, 0.1) is 16.1 Å². The zero-order valence-electron chi connectivity index (χ0n) is 8.94. The van der Waals surface area contributed by atoms with Gasteiger partial charge in [0, 0.05) is 0 Å². The lowest BCUT2D eigenvalue weighted by Gasteiger charge is -2.33. The highest BCUT2D eigenvalue weighted by atomic mass is 29.2. The van der Waals surface area contributed by atoms with Gasteiger partial charge in [-0.2, -0.15) is 0 Å². The van der Waals surface area contributed by atoms with Gasteiger partial charge in [0.25, 0.3) is 0 Å². The van der Waals surface area contributed by atoms with Crippen LogP contribution in [-0.4, -0.2) is 33.7 Å². The molecule has 0 bridgehead atoms. The third kappa shape index (κ3) is 3.53. The van der Waals surface area contributed by atoms with Crippen LogP contribution in [0.1, 0.15) is 13.8 Å². The van der Waals surface area contributed by atoms with Crippen LogP contribution >= 0.6 is 0 Å². The molecule has 0 aliphatic carbocycles. The maximum Gasteiger partial charge on any atom is 0.0989 e. The van der Waals surface area contributed by atoms with Crippen LogP contribution in [0.3, 0.4) is 0 Å². The standard InChI is InChI=1S/C8H23NSi2/c1-7-9(8-2)10(3)11(4,5)6/h10H,7-8H2,1-6H3. The van der Waals surface area contributed by atoms with Crippen molar-refractivity contribution in [1.29, 1.82) is 0 Å². The Bertz CT molecular complexity index is 105. The summed E-state index contributed by atoms with van der Waals surface area (Å²) in [4.78, 5) is 0. The van der Waals surface area contributed by atoms with Crippen LogP contribution in [0.2, 0.25) is 26.2 Å². The lowest BCUT2D eigenvalue weighted by atomic mass is 10.7. The number of hydrogen-bond donors (Lipinski definition) is 0. The van der Waals surface area contributed by atoms with E-state index in [-0.39, 0.29) is 0 Å². The molecule has 0 spiro atoms.